The zero-order valence-corrected chi connectivity index (χ0v) is 19.5. The third-order valence-electron chi connectivity index (χ3n) is 6.28. The molecular weight excluding hydrogens is 444 g/mol. The molecule has 35 heavy (non-hydrogen) atoms. The number of hydrazone groups is 2. The van der Waals surface area contributed by atoms with Crippen molar-refractivity contribution < 1.29 is 9.90 Å². The zero-order valence-electron chi connectivity index (χ0n) is 19.5. The third-order valence-corrected chi connectivity index (χ3v) is 6.28. The van der Waals surface area contributed by atoms with Crippen molar-refractivity contribution in [1.29, 1.82) is 0 Å². The monoisotopic (exact) mass is 468 g/mol. The molecule has 1 aliphatic carbocycles. The van der Waals surface area contributed by atoms with Crippen molar-refractivity contribution in [2.45, 2.75) is 32.4 Å². The second-order valence-corrected chi connectivity index (χ2v) is 8.51. The van der Waals surface area contributed by atoms with Crippen LogP contribution in [0.2, 0.25) is 0 Å². The minimum Gasteiger partial charge on any atom is -0.385 e. The minimum absolute atomic E-state index is 0.131. The van der Waals surface area contributed by atoms with Crippen molar-refractivity contribution in [2.24, 2.45) is 10.2 Å². The lowest BCUT2D eigenvalue weighted by Gasteiger charge is -2.36. The molecule has 5 rings (SSSR count). The molecule has 1 aliphatic heterocycles. The zero-order chi connectivity index (χ0) is 24.6. The molecule has 0 radical (unpaired) electrons. The number of carbonyl (C=O) groups is 1. The van der Waals surface area contributed by atoms with Gasteiger partial charge in [0.2, 0.25) is 0 Å². The Morgan fingerprint density at radius 1 is 1.11 bits per heavy atom. The number of aromatic nitrogens is 4. The standard InChI is InChI=1S/C25H24N8O2/c1-15-11-12-19(14-16(15)2)33-23(35)21(17(3)29-33)26-30-25(24-27-31-32-28-24)13-7-10-20(22(25)34)18-8-5-4-6-9-18/h4-14,22,30,34H,1-3H3,(H,27,28,31,32). The first-order valence-corrected chi connectivity index (χ1v) is 11.1. The first kappa shape index (κ1) is 22.4. The van der Waals surface area contributed by atoms with E-state index in [2.05, 4.69) is 36.3 Å². The average Bonchev–Trinajstić information content (AvgIpc) is 3.50. The first-order valence-electron chi connectivity index (χ1n) is 11.1. The predicted molar refractivity (Wildman–Crippen MR) is 133 cm³/mol. The first-order chi connectivity index (χ1) is 16.9. The molecule has 0 saturated heterocycles. The summed E-state index contributed by atoms with van der Waals surface area (Å²) >= 11 is 0. The molecule has 0 bridgehead atoms. The van der Waals surface area contributed by atoms with E-state index >= 15 is 0 Å². The van der Waals surface area contributed by atoms with E-state index < -0.39 is 11.6 Å². The number of aryl methyl sites for hydroxylation is 2. The summed E-state index contributed by atoms with van der Waals surface area (Å²) in [4.78, 5) is 13.2. The van der Waals surface area contributed by atoms with Crippen LogP contribution in [0.1, 0.15) is 29.4 Å². The maximum absolute atomic E-state index is 13.2. The van der Waals surface area contributed by atoms with Gasteiger partial charge in [-0.05, 0) is 71.7 Å². The molecule has 2 unspecified atom stereocenters. The number of amides is 1. The quantitative estimate of drug-likeness (QED) is 0.493. The Bertz CT molecular complexity index is 1390. The van der Waals surface area contributed by atoms with E-state index in [0.29, 0.717) is 17.0 Å². The van der Waals surface area contributed by atoms with Gasteiger partial charge in [-0.3, -0.25) is 10.2 Å². The van der Waals surface area contributed by atoms with Gasteiger partial charge in [0, 0.05) is 0 Å². The maximum Gasteiger partial charge on any atom is 0.301 e. The summed E-state index contributed by atoms with van der Waals surface area (Å²) in [6.45, 7) is 5.70. The number of carbonyl (C=O) groups excluding carboxylic acids is 1. The van der Waals surface area contributed by atoms with Gasteiger partial charge in [0.05, 0.1) is 11.4 Å². The molecule has 176 valence electrons. The van der Waals surface area contributed by atoms with Gasteiger partial charge in [-0.1, -0.05) is 48.6 Å². The molecule has 1 aromatic heterocycles. The van der Waals surface area contributed by atoms with Crippen LogP contribution < -0.4 is 10.4 Å². The van der Waals surface area contributed by atoms with Gasteiger partial charge >= 0.3 is 5.91 Å². The van der Waals surface area contributed by atoms with E-state index in [4.69, 9.17) is 0 Å². The van der Waals surface area contributed by atoms with Crippen LogP contribution in [0, 0.1) is 13.8 Å². The number of nitrogens with one attached hydrogen (secondary N) is 2. The summed E-state index contributed by atoms with van der Waals surface area (Å²) in [6.07, 6.45) is 4.22. The number of aliphatic hydroxyl groups excluding tert-OH is 1. The van der Waals surface area contributed by atoms with Gasteiger partial charge in [-0.2, -0.15) is 15.2 Å². The summed E-state index contributed by atoms with van der Waals surface area (Å²) in [6, 6.07) is 15.2. The topological polar surface area (TPSA) is 132 Å². The minimum atomic E-state index is -1.34. The highest BCUT2D eigenvalue weighted by Gasteiger charge is 2.45. The number of H-pyrrole nitrogens is 1. The number of rotatable bonds is 5. The van der Waals surface area contributed by atoms with Gasteiger partial charge in [0.15, 0.2) is 17.1 Å². The lowest BCUT2D eigenvalue weighted by atomic mass is 9.80. The molecule has 3 N–H and O–H groups in total. The maximum atomic E-state index is 13.2. The smallest absolute Gasteiger partial charge is 0.301 e. The van der Waals surface area contributed by atoms with E-state index in [9.17, 15) is 9.90 Å². The van der Waals surface area contributed by atoms with Gasteiger partial charge in [0.1, 0.15) is 6.10 Å². The van der Waals surface area contributed by atoms with Crippen LogP contribution in [0.5, 0.6) is 0 Å². The van der Waals surface area contributed by atoms with Crippen LogP contribution in [0.4, 0.5) is 5.69 Å². The Kier molecular flexibility index (Phi) is 5.58. The van der Waals surface area contributed by atoms with Crippen molar-refractivity contribution in [2.75, 3.05) is 5.01 Å². The summed E-state index contributed by atoms with van der Waals surface area (Å²) < 4.78 is 0. The number of hydrogen-bond donors (Lipinski definition) is 3. The molecule has 0 saturated carbocycles. The van der Waals surface area contributed by atoms with Gasteiger partial charge < -0.3 is 5.11 Å². The lowest BCUT2D eigenvalue weighted by molar-refractivity contribution is -0.112. The van der Waals surface area contributed by atoms with Crippen LogP contribution in [0.3, 0.4) is 0 Å². The Morgan fingerprint density at radius 2 is 1.91 bits per heavy atom. The third kappa shape index (κ3) is 3.83. The van der Waals surface area contributed by atoms with Crippen molar-refractivity contribution >= 4 is 28.6 Å². The number of aliphatic hydroxyl groups is 1. The largest absolute Gasteiger partial charge is 0.385 e. The number of hydrogen-bond acceptors (Lipinski definition) is 8. The molecule has 2 aliphatic rings. The molecule has 0 spiro atoms. The van der Waals surface area contributed by atoms with E-state index in [-0.39, 0.29) is 17.4 Å². The fourth-order valence-electron chi connectivity index (χ4n) is 4.12. The Balaban J connectivity index is 1.49. The molecule has 3 aromatic rings. The van der Waals surface area contributed by atoms with Crippen molar-refractivity contribution in [3.05, 3.63) is 89.3 Å². The average molecular weight is 469 g/mol. The summed E-state index contributed by atoms with van der Waals surface area (Å²) in [7, 11) is 0. The van der Waals surface area contributed by atoms with Crippen LogP contribution in [-0.2, 0) is 10.3 Å². The van der Waals surface area contributed by atoms with Gasteiger partial charge in [-0.15, -0.1) is 5.10 Å². The molecule has 2 atom stereocenters. The molecule has 10 nitrogen and oxygen atoms in total. The highest BCUT2D eigenvalue weighted by Crippen LogP contribution is 2.36. The number of anilines is 1. The number of benzene rings is 2. The van der Waals surface area contributed by atoms with Crippen LogP contribution in [-0.4, -0.2) is 49.2 Å². The van der Waals surface area contributed by atoms with E-state index in [0.717, 1.165) is 16.7 Å². The Morgan fingerprint density at radius 3 is 2.63 bits per heavy atom. The van der Waals surface area contributed by atoms with Crippen LogP contribution in [0.25, 0.3) is 5.57 Å². The van der Waals surface area contributed by atoms with E-state index in [1.54, 1.807) is 19.1 Å². The number of nitrogens with zero attached hydrogens (tertiary/aromatic N) is 6. The fraction of sp³-hybridized carbons (Fsp3) is 0.200. The van der Waals surface area contributed by atoms with E-state index in [1.807, 2.05) is 68.5 Å². The lowest BCUT2D eigenvalue weighted by Crippen LogP contribution is -2.51. The SMILES string of the molecule is CC1=NN(c2ccc(C)c(C)c2)C(=O)C1=NNC1(c2nnn[nH]2)C=CC=C(c2ccccc2)C1O. The molecular formula is C25H24N8O2. The number of aromatic amines is 1. The molecule has 2 heterocycles. The van der Waals surface area contributed by atoms with Crippen LogP contribution >= 0.6 is 0 Å². The predicted octanol–water partition coefficient (Wildman–Crippen LogP) is 2.39. The van der Waals surface area contributed by atoms with Crippen molar-refractivity contribution in [3.63, 3.8) is 0 Å². The molecule has 2 aromatic carbocycles. The normalized spacial score (nSPS) is 23.0. The second-order valence-electron chi connectivity index (χ2n) is 8.51. The fourth-order valence-corrected chi connectivity index (χ4v) is 4.12. The summed E-state index contributed by atoms with van der Waals surface area (Å²) in [5.41, 5.74) is 6.55. The van der Waals surface area contributed by atoms with E-state index in [1.165, 1.54) is 5.01 Å². The highest BCUT2D eigenvalue weighted by molar-refractivity contribution is 6.71. The van der Waals surface area contributed by atoms with Crippen molar-refractivity contribution in [1.82, 2.24) is 26.0 Å². The van der Waals surface area contributed by atoms with Crippen molar-refractivity contribution in [3.8, 4) is 0 Å². The van der Waals surface area contributed by atoms with Gasteiger partial charge in [-0.25, -0.2) is 5.10 Å². The molecule has 10 heteroatoms. The molecule has 1 amide bonds. The van der Waals surface area contributed by atoms with Crippen LogP contribution in [0.15, 0.2) is 77.0 Å². The highest BCUT2D eigenvalue weighted by atomic mass is 16.3. The van der Waals surface area contributed by atoms with Gasteiger partial charge in [0.25, 0.3) is 0 Å². The summed E-state index contributed by atoms with van der Waals surface area (Å²) in [5.74, 6) is -0.129. The number of allylic oxidation sites excluding steroid dienone is 2. The molecule has 0 fully saturated rings. The second kappa shape index (κ2) is 8.73. The Hall–Kier alpha value is -4.44. The number of tetrazole rings is 1. The Labute approximate surface area is 201 Å². The summed E-state index contributed by atoms with van der Waals surface area (Å²) in [5, 5.41) is 35.8.